The first-order valence-electron chi connectivity index (χ1n) is 6.44. The Labute approximate surface area is 124 Å². The number of nitrogens with zero attached hydrogens (tertiary/aromatic N) is 3. The number of hydrogen-bond donors (Lipinski definition) is 3. The van der Waals surface area contributed by atoms with Gasteiger partial charge in [-0.25, -0.2) is 9.78 Å². The van der Waals surface area contributed by atoms with Crippen molar-refractivity contribution in [3.05, 3.63) is 28.8 Å². The quantitative estimate of drug-likeness (QED) is 0.690. The molecule has 0 aliphatic heterocycles. The summed E-state index contributed by atoms with van der Waals surface area (Å²) in [4.78, 5) is 30.4. The fourth-order valence-electron chi connectivity index (χ4n) is 1.82. The number of amides is 1. The van der Waals surface area contributed by atoms with E-state index in [0.29, 0.717) is 22.7 Å². The Bertz CT molecular complexity index is 610. The topological polar surface area (TPSA) is 121 Å². The first-order valence-corrected chi connectivity index (χ1v) is 7.21. The Morgan fingerprint density at radius 1 is 1.52 bits per heavy atom. The highest BCUT2D eigenvalue weighted by molar-refractivity contribution is 7.08. The standard InChI is InChI=1S/C12H15N5O3S/c1-2-3-8-10(21-17-16-8)11(18)15-9(12(19)20)4-7-5-13-6-14-7/h5-6,9H,2-4H2,1H3,(H,13,14)(H,15,18)(H,19,20)/t9-/m0/s1. The molecule has 9 heteroatoms. The van der Waals surface area contributed by atoms with Gasteiger partial charge in [0.05, 0.1) is 12.0 Å². The Hall–Kier alpha value is -2.29. The zero-order valence-electron chi connectivity index (χ0n) is 11.4. The number of nitrogens with one attached hydrogen (secondary N) is 2. The summed E-state index contributed by atoms with van der Waals surface area (Å²) in [6.45, 7) is 1.97. The third kappa shape index (κ3) is 3.85. The van der Waals surface area contributed by atoms with Gasteiger partial charge in [0, 0.05) is 18.3 Å². The van der Waals surface area contributed by atoms with Crippen molar-refractivity contribution in [2.45, 2.75) is 32.2 Å². The first kappa shape index (κ1) is 15.1. The van der Waals surface area contributed by atoms with Crippen molar-refractivity contribution in [2.24, 2.45) is 0 Å². The second-order valence-electron chi connectivity index (χ2n) is 4.44. The van der Waals surface area contributed by atoms with E-state index in [2.05, 4.69) is 24.9 Å². The van der Waals surface area contributed by atoms with Crippen LogP contribution >= 0.6 is 11.5 Å². The van der Waals surface area contributed by atoms with Crippen LogP contribution in [0, 0.1) is 0 Å². The van der Waals surface area contributed by atoms with E-state index in [4.69, 9.17) is 0 Å². The predicted molar refractivity (Wildman–Crippen MR) is 75.1 cm³/mol. The van der Waals surface area contributed by atoms with Crippen molar-refractivity contribution in [1.82, 2.24) is 24.9 Å². The van der Waals surface area contributed by atoms with Crippen molar-refractivity contribution < 1.29 is 14.7 Å². The van der Waals surface area contributed by atoms with Gasteiger partial charge < -0.3 is 15.4 Å². The molecule has 2 aromatic heterocycles. The molecule has 0 spiro atoms. The number of hydrogen-bond acceptors (Lipinski definition) is 6. The van der Waals surface area contributed by atoms with Crippen LogP contribution in [0.2, 0.25) is 0 Å². The molecule has 1 amide bonds. The Morgan fingerprint density at radius 3 is 2.95 bits per heavy atom. The van der Waals surface area contributed by atoms with Gasteiger partial charge >= 0.3 is 5.97 Å². The number of carboxylic acid groups (broad SMARTS) is 1. The van der Waals surface area contributed by atoms with Gasteiger partial charge in [0.2, 0.25) is 0 Å². The van der Waals surface area contributed by atoms with E-state index in [1.54, 1.807) is 0 Å². The molecule has 0 aliphatic rings. The first-order chi connectivity index (χ1) is 10.1. The lowest BCUT2D eigenvalue weighted by molar-refractivity contribution is -0.139. The van der Waals surface area contributed by atoms with E-state index in [9.17, 15) is 14.7 Å². The number of aryl methyl sites for hydroxylation is 1. The number of aromatic nitrogens is 4. The minimum absolute atomic E-state index is 0.135. The summed E-state index contributed by atoms with van der Waals surface area (Å²) in [5.74, 6) is -1.56. The van der Waals surface area contributed by atoms with Crippen LogP contribution in [-0.2, 0) is 17.6 Å². The van der Waals surface area contributed by atoms with Crippen molar-refractivity contribution in [2.75, 3.05) is 0 Å². The number of carboxylic acids is 1. The molecule has 0 fully saturated rings. The molecule has 2 heterocycles. The van der Waals surface area contributed by atoms with Gasteiger partial charge in [0.15, 0.2) is 0 Å². The molecular formula is C12H15N5O3S. The highest BCUT2D eigenvalue weighted by Crippen LogP contribution is 2.13. The highest BCUT2D eigenvalue weighted by atomic mass is 32.1. The van der Waals surface area contributed by atoms with Crippen LogP contribution in [0.15, 0.2) is 12.5 Å². The van der Waals surface area contributed by atoms with E-state index in [1.165, 1.54) is 12.5 Å². The molecule has 0 aromatic carbocycles. The largest absolute Gasteiger partial charge is 0.480 e. The number of rotatable bonds is 7. The number of H-pyrrole nitrogens is 1. The second-order valence-corrected chi connectivity index (χ2v) is 5.20. The lowest BCUT2D eigenvalue weighted by Gasteiger charge is -2.13. The molecule has 0 saturated heterocycles. The summed E-state index contributed by atoms with van der Waals surface area (Å²) in [6, 6.07) is -1.03. The van der Waals surface area contributed by atoms with Gasteiger partial charge in [-0.05, 0) is 18.0 Å². The maximum absolute atomic E-state index is 12.2. The van der Waals surface area contributed by atoms with Crippen molar-refractivity contribution >= 4 is 23.4 Å². The molecule has 8 nitrogen and oxygen atoms in total. The Morgan fingerprint density at radius 2 is 2.33 bits per heavy atom. The minimum Gasteiger partial charge on any atom is -0.480 e. The van der Waals surface area contributed by atoms with E-state index in [-0.39, 0.29) is 6.42 Å². The SMILES string of the molecule is CCCc1nnsc1C(=O)N[C@@H](Cc1cnc[nH]1)C(=O)O. The molecule has 0 saturated carbocycles. The molecule has 21 heavy (non-hydrogen) atoms. The summed E-state index contributed by atoms with van der Waals surface area (Å²) >= 11 is 0.973. The van der Waals surface area contributed by atoms with Gasteiger partial charge in [-0.2, -0.15) is 0 Å². The monoisotopic (exact) mass is 309 g/mol. The van der Waals surface area contributed by atoms with Crippen LogP contribution in [0.25, 0.3) is 0 Å². The van der Waals surface area contributed by atoms with E-state index < -0.39 is 17.9 Å². The summed E-state index contributed by atoms with van der Waals surface area (Å²) in [5.41, 5.74) is 1.24. The van der Waals surface area contributed by atoms with E-state index in [0.717, 1.165) is 18.0 Å². The van der Waals surface area contributed by atoms with Crippen LogP contribution in [-0.4, -0.2) is 42.6 Å². The van der Waals surface area contributed by atoms with Gasteiger partial charge in [-0.3, -0.25) is 4.79 Å². The average Bonchev–Trinajstić information content (AvgIpc) is 3.09. The fraction of sp³-hybridized carbons (Fsp3) is 0.417. The van der Waals surface area contributed by atoms with E-state index in [1.807, 2.05) is 6.92 Å². The van der Waals surface area contributed by atoms with Gasteiger partial charge in [-0.15, -0.1) is 5.10 Å². The van der Waals surface area contributed by atoms with Crippen LogP contribution < -0.4 is 5.32 Å². The van der Waals surface area contributed by atoms with Crippen molar-refractivity contribution in [1.29, 1.82) is 0 Å². The summed E-state index contributed by atoms with van der Waals surface area (Å²) in [7, 11) is 0. The molecule has 0 unspecified atom stereocenters. The lowest BCUT2D eigenvalue weighted by Crippen LogP contribution is -2.42. The summed E-state index contributed by atoms with van der Waals surface area (Å²) in [5, 5.41) is 15.6. The third-order valence-electron chi connectivity index (χ3n) is 2.83. The molecular weight excluding hydrogens is 294 g/mol. The molecule has 2 aromatic rings. The molecule has 112 valence electrons. The maximum Gasteiger partial charge on any atom is 0.326 e. The predicted octanol–water partition coefficient (Wildman–Crippen LogP) is 0.639. The van der Waals surface area contributed by atoms with Gasteiger partial charge in [-0.1, -0.05) is 17.8 Å². The average molecular weight is 309 g/mol. The Kier molecular flexibility index (Phi) is 4.99. The Balaban J connectivity index is 2.07. The van der Waals surface area contributed by atoms with Gasteiger partial charge in [0.25, 0.3) is 5.91 Å². The zero-order chi connectivity index (χ0) is 15.2. The second kappa shape index (κ2) is 6.93. The molecule has 0 radical (unpaired) electrons. The number of carbonyl (C=O) groups excluding carboxylic acids is 1. The van der Waals surface area contributed by atoms with Crippen LogP contribution in [0.5, 0.6) is 0 Å². The van der Waals surface area contributed by atoms with Crippen molar-refractivity contribution in [3.63, 3.8) is 0 Å². The lowest BCUT2D eigenvalue weighted by atomic mass is 10.1. The molecule has 1 atom stereocenters. The summed E-state index contributed by atoms with van der Waals surface area (Å²) < 4.78 is 3.76. The normalized spacial score (nSPS) is 12.0. The third-order valence-corrected chi connectivity index (χ3v) is 3.60. The molecule has 0 aliphatic carbocycles. The molecule has 0 bridgehead atoms. The summed E-state index contributed by atoms with van der Waals surface area (Å²) in [6.07, 6.45) is 4.59. The van der Waals surface area contributed by atoms with Gasteiger partial charge in [0.1, 0.15) is 10.9 Å². The number of carbonyl (C=O) groups is 2. The van der Waals surface area contributed by atoms with E-state index >= 15 is 0 Å². The molecule has 2 rings (SSSR count). The number of aromatic amines is 1. The molecule has 3 N–H and O–H groups in total. The number of aliphatic carboxylic acids is 1. The minimum atomic E-state index is -1.10. The van der Waals surface area contributed by atoms with Crippen LogP contribution in [0.3, 0.4) is 0 Å². The number of imidazole rings is 1. The smallest absolute Gasteiger partial charge is 0.326 e. The highest BCUT2D eigenvalue weighted by Gasteiger charge is 2.24. The van der Waals surface area contributed by atoms with Crippen LogP contribution in [0.1, 0.15) is 34.4 Å². The fourth-order valence-corrected chi connectivity index (χ4v) is 2.43. The van der Waals surface area contributed by atoms with Crippen LogP contribution in [0.4, 0.5) is 0 Å². The maximum atomic E-state index is 12.2. The van der Waals surface area contributed by atoms with Crippen molar-refractivity contribution in [3.8, 4) is 0 Å². The zero-order valence-corrected chi connectivity index (χ0v) is 12.2.